The number of likely N-dealkylation sites (N-methyl/N-ethyl adjacent to an activating group) is 1. The van der Waals surface area contributed by atoms with Crippen molar-refractivity contribution in [2.45, 2.75) is 18.9 Å². The van der Waals surface area contributed by atoms with Crippen LogP contribution in [0.5, 0.6) is 0 Å². The average molecular weight is 255 g/mol. The smallest absolute Gasteiger partial charge is 0.239 e. The van der Waals surface area contributed by atoms with Gasteiger partial charge in [0.1, 0.15) is 0 Å². The lowest BCUT2D eigenvalue weighted by atomic mass is 10.2. The molecule has 2 saturated heterocycles. The summed E-state index contributed by atoms with van der Waals surface area (Å²) >= 11 is 0. The van der Waals surface area contributed by atoms with E-state index in [4.69, 9.17) is 4.74 Å². The van der Waals surface area contributed by atoms with E-state index in [1.807, 2.05) is 4.90 Å². The highest BCUT2D eigenvalue weighted by Gasteiger charge is 2.30. The van der Waals surface area contributed by atoms with E-state index in [2.05, 4.69) is 5.32 Å². The normalized spacial score (nSPS) is 24.7. The summed E-state index contributed by atoms with van der Waals surface area (Å²) in [5, 5.41) is 2.99. The number of hydrogen-bond donors (Lipinski definition) is 1. The van der Waals surface area contributed by atoms with Crippen molar-refractivity contribution in [1.82, 2.24) is 15.1 Å². The molecule has 0 bridgehead atoms. The molecule has 2 aliphatic heterocycles. The standard InChI is InChI=1S/C12H21N3O3/c1-13-10-2-4-15(12(10)17)5-3-11(16)14-6-8-18-9-7-14/h10,13H,2-9H2,1H3. The van der Waals surface area contributed by atoms with Crippen LogP contribution in [0.2, 0.25) is 0 Å². The molecule has 0 radical (unpaired) electrons. The Balaban J connectivity index is 1.74. The van der Waals surface area contributed by atoms with Crippen molar-refractivity contribution in [2.75, 3.05) is 46.4 Å². The lowest BCUT2D eigenvalue weighted by Crippen LogP contribution is -2.43. The van der Waals surface area contributed by atoms with Gasteiger partial charge in [-0.1, -0.05) is 0 Å². The van der Waals surface area contributed by atoms with Crippen molar-refractivity contribution in [3.8, 4) is 0 Å². The minimum Gasteiger partial charge on any atom is -0.378 e. The summed E-state index contributed by atoms with van der Waals surface area (Å²) in [6.45, 7) is 3.87. The van der Waals surface area contributed by atoms with Crippen LogP contribution in [0.1, 0.15) is 12.8 Å². The molecule has 2 amide bonds. The van der Waals surface area contributed by atoms with Crippen LogP contribution >= 0.6 is 0 Å². The van der Waals surface area contributed by atoms with E-state index in [1.54, 1.807) is 11.9 Å². The maximum absolute atomic E-state index is 11.9. The molecule has 6 nitrogen and oxygen atoms in total. The zero-order valence-electron chi connectivity index (χ0n) is 10.9. The zero-order valence-corrected chi connectivity index (χ0v) is 10.9. The second-order valence-electron chi connectivity index (χ2n) is 4.70. The molecule has 1 unspecified atom stereocenters. The predicted molar refractivity (Wildman–Crippen MR) is 66.1 cm³/mol. The molecule has 102 valence electrons. The predicted octanol–water partition coefficient (Wildman–Crippen LogP) is -0.944. The lowest BCUT2D eigenvalue weighted by Gasteiger charge is -2.27. The van der Waals surface area contributed by atoms with Gasteiger partial charge in [0.2, 0.25) is 11.8 Å². The SMILES string of the molecule is CNC1CCN(CCC(=O)N2CCOCC2)C1=O. The fraction of sp³-hybridized carbons (Fsp3) is 0.833. The van der Waals surface area contributed by atoms with Gasteiger partial charge in [0.15, 0.2) is 0 Å². The third kappa shape index (κ3) is 3.00. The molecule has 1 atom stereocenters. The summed E-state index contributed by atoms with van der Waals surface area (Å²) in [7, 11) is 1.80. The number of morpholine rings is 1. The first kappa shape index (κ1) is 13.3. The first-order valence-electron chi connectivity index (χ1n) is 6.54. The van der Waals surface area contributed by atoms with Crippen molar-refractivity contribution >= 4 is 11.8 Å². The monoisotopic (exact) mass is 255 g/mol. The number of rotatable bonds is 4. The van der Waals surface area contributed by atoms with E-state index in [0.29, 0.717) is 39.3 Å². The highest BCUT2D eigenvalue weighted by Crippen LogP contribution is 2.11. The van der Waals surface area contributed by atoms with Crippen molar-refractivity contribution < 1.29 is 14.3 Å². The Labute approximate surface area is 107 Å². The van der Waals surface area contributed by atoms with E-state index in [1.165, 1.54) is 0 Å². The van der Waals surface area contributed by atoms with Gasteiger partial charge in [0, 0.05) is 32.6 Å². The Morgan fingerprint density at radius 1 is 1.39 bits per heavy atom. The highest BCUT2D eigenvalue weighted by molar-refractivity contribution is 5.84. The van der Waals surface area contributed by atoms with Crippen LogP contribution in [-0.2, 0) is 14.3 Å². The third-order valence-electron chi connectivity index (χ3n) is 3.61. The zero-order chi connectivity index (χ0) is 13.0. The Kier molecular flexibility index (Phi) is 4.54. The Bertz CT molecular complexity index is 316. The fourth-order valence-corrected chi connectivity index (χ4v) is 2.43. The van der Waals surface area contributed by atoms with Gasteiger partial charge < -0.3 is 19.9 Å². The van der Waals surface area contributed by atoms with Gasteiger partial charge in [-0.3, -0.25) is 9.59 Å². The van der Waals surface area contributed by atoms with Gasteiger partial charge in [0.05, 0.1) is 19.3 Å². The Morgan fingerprint density at radius 3 is 2.72 bits per heavy atom. The highest BCUT2D eigenvalue weighted by atomic mass is 16.5. The average Bonchev–Trinajstić information content (AvgIpc) is 2.77. The van der Waals surface area contributed by atoms with E-state index in [0.717, 1.165) is 13.0 Å². The number of amides is 2. The minimum absolute atomic E-state index is 0.0662. The molecule has 2 fully saturated rings. The number of nitrogens with zero attached hydrogens (tertiary/aromatic N) is 2. The number of carbonyl (C=O) groups excluding carboxylic acids is 2. The largest absolute Gasteiger partial charge is 0.378 e. The molecule has 2 rings (SSSR count). The molecule has 0 saturated carbocycles. The lowest BCUT2D eigenvalue weighted by molar-refractivity contribution is -0.136. The Morgan fingerprint density at radius 2 is 2.11 bits per heavy atom. The molecule has 2 aliphatic rings. The van der Waals surface area contributed by atoms with Gasteiger partial charge in [-0.15, -0.1) is 0 Å². The minimum atomic E-state index is -0.0662. The molecular formula is C12H21N3O3. The molecule has 6 heteroatoms. The number of carbonyl (C=O) groups is 2. The molecule has 18 heavy (non-hydrogen) atoms. The molecule has 0 aromatic rings. The quantitative estimate of drug-likeness (QED) is 0.704. The van der Waals surface area contributed by atoms with Crippen LogP contribution in [0.15, 0.2) is 0 Å². The maximum Gasteiger partial charge on any atom is 0.239 e. The molecule has 2 heterocycles. The summed E-state index contributed by atoms with van der Waals surface area (Å²) in [6.07, 6.45) is 1.25. The summed E-state index contributed by atoms with van der Waals surface area (Å²) < 4.78 is 5.21. The van der Waals surface area contributed by atoms with Crippen LogP contribution in [0.3, 0.4) is 0 Å². The number of nitrogens with one attached hydrogen (secondary N) is 1. The number of ether oxygens (including phenoxy) is 1. The fourth-order valence-electron chi connectivity index (χ4n) is 2.43. The van der Waals surface area contributed by atoms with E-state index in [-0.39, 0.29) is 17.9 Å². The van der Waals surface area contributed by atoms with Gasteiger partial charge in [-0.25, -0.2) is 0 Å². The van der Waals surface area contributed by atoms with Crippen molar-refractivity contribution in [3.63, 3.8) is 0 Å². The first-order valence-corrected chi connectivity index (χ1v) is 6.54. The van der Waals surface area contributed by atoms with Crippen LogP contribution in [0.25, 0.3) is 0 Å². The van der Waals surface area contributed by atoms with Crippen LogP contribution < -0.4 is 5.32 Å². The van der Waals surface area contributed by atoms with Crippen molar-refractivity contribution in [3.05, 3.63) is 0 Å². The van der Waals surface area contributed by atoms with Crippen LogP contribution in [0.4, 0.5) is 0 Å². The van der Waals surface area contributed by atoms with E-state index < -0.39 is 0 Å². The third-order valence-corrected chi connectivity index (χ3v) is 3.61. The van der Waals surface area contributed by atoms with Gasteiger partial charge in [-0.05, 0) is 13.5 Å². The van der Waals surface area contributed by atoms with Crippen LogP contribution in [0, 0.1) is 0 Å². The second kappa shape index (κ2) is 6.15. The summed E-state index contributed by atoms with van der Waals surface area (Å²) in [5.74, 6) is 0.242. The Hall–Kier alpha value is -1.14. The summed E-state index contributed by atoms with van der Waals surface area (Å²) in [4.78, 5) is 27.4. The number of hydrogen-bond acceptors (Lipinski definition) is 4. The molecule has 0 aliphatic carbocycles. The summed E-state index contributed by atoms with van der Waals surface area (Å²) in [5.41, 5.74) is 0. The van der Waals surface area contributed by atoms with Crippen molar-refractivity contribution in [2.24, 2.45) is 0 Å². The topological polar surface area (TPSA) is 61.9 Å². The van der Waals surface area contributed by atoms with Gasteiger partial charge in [-0.2, -0.15) is 0 Å². The molecule has 0 aromatic heterocycles. The van der Waals surface area contributed by atoms with Crippen LogP contribution in [-0.4, -0.2) is 74.1 Å². The van der Waals surface area contributed by atoms with Gasteiger partial charge in [0.25, 0.3) is 0 Å². The molecule has 0 spiro atoms. The molecular weight excluding hydrogens is 234 g/mol. The molecule has 1 N–H and O–H groups in total. The number of likely N-dealkylation sites (tertiary alicyclic amines) is 1. The maximum atomic E-state index is 11.9. The van der Waals surface area contributed by atoms with E-state index in [9.17, 15) is 9.59 Å². The second-order valence-corrected chi connectivity index (χ2v) is 4.70. The van der Waals surface area contributed by atoms with E-state index >= 15 is 0 Å². The van der Waals surface area contributed by atoms with Crippen molar-refractivity contribution in [1.29, 1.82) is 0 Å². The summed E-state index contributed by atoms with van der Waals surface area (Å²) in [6, 6.07) is -0.0662. The first-order chi connectivity index (χ1) is 8.72. The van der Waals surface area contributed by atoms with Gasteiger partial charge >= 0.3 is 0 Å². The molecule has 0 aromatic carbocycles.